The van der Waals surface area contributed by atoms with Crippen LogP contribution in [0.3, 0.4) is 0 Å². The molecule has 1 amide bonds. The van der Waals surface area contributed by atoms with Crippen LogP contribution >= 0.6 is 0 Å². The molecule has 0 radical (unpaired) electrons. The van der Waals surface area contributed by atoms with E-state index in [4.69, 9.17) is 4.42 Å². The number of Topliss-reactive ketones (excluding diaryl/α,β-unsaturated/α-hetero) is 1. The van der Waals surface area contributed by atoms with Gasteiger partial charge in [-0.3, -0.25) is 9.59 Å². The maximum atomic E-state index is 13.3. The number of nitrogens with one attached hydrogen (secondary N) is 1. The molecule has 1 aliphatic rings. The Bertz CT molecular complexity index is 1350. The summed E-state index contributed by atoms with van der Waals surface area (Å²) < 4.78 is 7.55. The van der Waals surface area contributed by atoms with Gasteiger partial charge in [-0.25, -0.2) is 0 Å². The SMILES string of the molecule is Cc1ccccc1C[C@H](C)C(=O)Cn1c2c(c3ccccc31)CC(C(=O)NCc1ccco1)CC2. The zero-order chi connectivity index (χ0) is 24.4. The number of aromatic nitrogens is 1. The average Bonchev–Trinajstić information content (AvgIpc) is 3.50. The normalized spacial score (nSPS) is 16.1. The van der Waals surface area contributed by atoms with Crippen LogP contribution in [0.1, 0.15) is 41.5 Å². The Morgan fingerprint density at radius 2 is 1.89 bits per heavy atom. The number of furan rings is 1. The molecule has 2 heterocycles. The third-order valence-corrected chi connectivity index (χ3v) is 7.41. The number of carbonyl (C=O) groups is 2. The second-order valence-corrected chi connectivity index (χ2v) is 9.76. The number of rotatable bonds is 8. The first kappa shape index (κ1) is 23.2. The number of ketones is 1. The molecule has 35 heavy (non-hydrogen) atoms. The Kier molecular flexibility index (Phi) is 6.58. The standard InChI is InChI=1S/C30H32N2O3/c1-20-8-3-4-9-22(20)16-21(2)29(33)19-32-27-12-6-5-11-25(27)26-17-23(13-14-28(26)32)30(34)31-18-24-10-7-15-35-24/h3-12,15,21,23H,13-14,16-19H2,1-2H3,(H,31,34)/t21-,23?/m0/s1. The second-order valence-electron chi connectivity index (χ2n) is 9.76. The van der Waals surface area contributed by atoms with Gasteiger partial charge in [-0.2, -0.15) is 0 Å². The monoisotopic (exact) mass is 468 g/mol. The van der Waals surface area contributed by atoms with Gasteiger partial charge >= 0.3 is 0 Å². The molecule has 180 valence electrons. The molecule has 1 unspecified atom stereocenters. The minimum absolute atomic E-state index is 0.0587. The summed E-state index contributed by atoms with van der Waals surface area (Å²) in [7, 11) is 0. The summed E-state index contributed by atoms with van der Waals surface area (Å²) in [5.74, 6) is 0.927. The van der Waals surface area contributed by atoms with Crippen molar-refractivity contribution in [3.8, 4) is 0 Å². The van der Waals surface area contributed by atoms with Crippen molar-refractivity contribution < 1.29 is 14.0 Å². The van der Waals surface area contributed by atoms with Crippen molar-refractivity contribution in [2.75, 3.05) is 0 Å². The third-order valence-electron chi connectivity index (χ3n) is 7.41. The predicted molar refractivity (Wildman–Crippen MR) is 137 cm³/mol. The summed E-state index contributed by atoms with van der Waals surface area (Å²) in [5, 5.41) is 4.18. The highest BCUT2D eigenvalue weighted by atomic mass is 16.3. The van der Waals surface area contributed by atoms with Gasteiger partial charge < -0.3 is 14.3 Å². The van der Waals surface area contributed by atoms with E-state index in [1.165, 1.54) is 22.4 Å². The quantitative estimate of drug-likeness (QED) is 0.376. The van der Waals surface area contributed by atoms with Gasteiger partial charge in [0.25, 0.3) is 0 Å². The summed E-state index contributed by atoms with van der Waals surface area (Å²) in [6, 6.07) is 20.3. The Hall–Kier alpha value is -3.60. The Balaban J connectivity index is 1.34. The number of carbonyl (C=O) groups excluding carboxylic acids is 2. The van der Waals surface area contributed by atoms with Crippen molar-refractivity contribution >= 4 is 22.6 Å². The van der Waals surface area contributed by atoms with E-state index in [0.29, 0.717) is 19.5 Å². The Morgan fingerprint density at radius 3 is 2.69 bits per heavy atom. The van der Waals surface area contributed by atoms with Gasteiger partial charge in [0.1, 0.15) is 5.76 Å². The van der Waals surface area contributed by atoms with Crippen molar-refractivity contribution in [1.82, 2.24) is 9.88 Å². The lowest BCUT2D eigenvalue weighted by atomic mass is 9.85. The van der Waals surface area contributed by atoms with Gasteiger partial charge in [0.05, 0.1) is 19.4 Å². The maximum absolute atomic E-state index is 13.3. The fraction of sp³-hybridized carbons (Fsp3) is 0.333. The van der Waals surface area contributed by atoms with Crippen molar-refractivity contribution in [3.63, 3.8) is 0 Å². The average molecular weight is 469 g/mol. The number of hydrogen-bond donors (Lipinski definition) is 1. The van der Waals surface area contributed by atoms with Gasteiger partial charge in [-0.1, -0.05) is 49.4 Å². The van der Waals surface area contributed by atoms with Crippen LogP contribution in [0.5, 0.6) is 0 Å². The summed E-state index contributed by atoms with van der Waals surface area (Å²) >= 11 is 0. The molecule has 2 atom stereocenters. The van der Waals surface area contributed by atoms with Gasteiger partial charge in [-0.15, -0.1) is 0 Å². The van der Waals surface area contributed by atoms with Crippen LogP contribution in [0.2, 0.25) is 0 Å². The van der Waals surface area contributed by atoms with Gasteiger partial charge in [0.15, 0.2) is 5.78 Å². The number of nitrogens with zero attached hydrogens (tertiary/aromatic N) is 1. The van der Waals surface area contributed by atoms with Crippen molar-refractivity contribution in [1.29, 1.82) is 0 Å². The van der Waals surface area contributed by atoms with Gasteiger partial charge in [0.2, 0.25) is 5.91 Å². The molecule has 0 spiro atoms. The van der Waals surface area contributed by atoms with Crippen molar-refractivity contribution in [2.45, 2.75) is 52.6 Å². The Labute approximate surface area is 206 Å². The van der Waals surface area contributed by atoms with Crippen LogP contribution < -0.4 is 5.32 Å². The largest absolute Gasteiger partial charge is 0.467 e. The molecule has 0 saturated carbocycles. The first-order valence-electron chi connectivity index (χ1n) is 12.5. The van der Waals surface area contributed by atoms with Crippen LogP contribution in [0.4, 0.5) is 0 Å². The fourth-order valence-electron chi connectivity index (χ4n) is 5.33. The molecule has 5 rings (SSSR count). The molecule has 0 aliphatic heterocycles. The lowest BCUT2D eigenvalue weighted by Crippen LogP contribution is -2.34. The van der Waals surface area contributed by atoms with Gasteiger partial charge in [-0.05, 0) is 67.5 Å². The van der Waals surface area contributed by atoms with Crippen molar-refractivity contribution in [2.24, 2.45) is 11.8 Å². The highest BCUT2D eigenvalue weighted by Crippen LogP contribution is 2.35. The molecule has 1 N–H and O–H groups in total. The lowest BCUT2D eigenvalue weighted by molar-refractivity contribution is -0.126. The number of hydrogen-bond acceptors (Lipinski definition) is 3. The number of aryl methyl sites for hydroxylation is 1. The first-order chi connectivity index (χ1) is 17.0. The maximum Gasteiger partial charge on any atom is 0.223 e. The van der Waals surface area contributed by atoms with E-state index < -0.39 is 0 Å². The van der Waals surface area contributed by atoms with Crippen LogP contribution in [0, 0.1) is 18.8 Å². The van der Waals surface area contributed by atoms with E-state index in [9.17, 15) is 9.59 Å². The second kappa shape index (κ2) is 9.95. The van der Waals surface area contributed by atoms with Crippen LogP contribution in [-0.2, 0) is 41.9 Å². The Morgan fingerprint density at radius 1 is 1.09 bits per heavy atom. The topological polar surface area (TPSA) is 64.2 Å². The molecule has 4 aromatic rings. The molecule has 5 nitrogen and oxygen atoms in total. The first-order valence-corrected chi connectivity index (χ1v) is 12.5. The zero-order valence-corrected chi connectivity index (χ0v) is 20.4. The molecule has 0 saturated heterocycles. The molecular weight excluding hydrogens is 436 g/mol. The molecule has 2 aromatic heterocycles. The summed E-state index contributed by atoms with van der Waals surface area (Å²) in [4.78, 5) is 26.2. The molecule has 2 aromatic carbocycles. The van der Waals surface area contributed by atoms with E-state index in [0.717, 1.165) is 35.9 Å². The van der Waals surface area contributed by atoms with Gasteiger partial charge in [0, 0.05) is 28.4 Å². The molecule has 0 bridgehead atoms. The number of fused-ring (bicyclic) bond motifs is 3. The molecular formula is C30H32N2O3. The highest BCUT2D eigenvalue weighted by molar-refractivity contribution is 5.90. The van der Waals surface area contributed by atoms with E-state index in [2.05, 4.69) is 41.1 Å². The van der Waals surface area contributed by atoms with Crippen LogP contribution in [-0.4, -0.2) is 16.3 Å². The number of amides is 1. The van der Waals surface area contributed by atoms with Crippen LogP contribution in [0.25, 0.3) is 10.9 Å². The zero-order valence-electron chi connectivity index (χ0n) is 20.4. The van der Waals surface area contributed by atoms with Crippen molar-refractivity contribution in [3.05, 3.63) is 95.1 Å². The molecule has 0 fully saturated rings. The minimum Gasteiger partial charge on any atom is -0.467 e. The number of para-hydroxylation sites is 1. The van der Waals surface area contributed by atoms with Crippen LogP contribution in [0.15, 0.2) is 71.3 Å². The number of benzene rings is 2. The fourth-order valence-corrected chi connectivity index (χ4v) is 5.33. The van der Waals surface area contributed by atoms with E-state index >= 15 is 0 Å². The molecule has 5 heteroatoms. The summed E-state index contributed by atoms with van der Waals surface area (Å²) in [5.41, 5.74) is 5.97. The predicted octanol–water partition coefficient (Wildman–Crippen LogP) is 5.41. The minimum atomic E-state index is -0.0765. The summed E-state index contributed by atoms with van der Waals surface area (Å²) in [6.07, 6.45) is 4.64. The van der Waals surface area contributed by atoms with E-state index in [1.54, 1.807) is 6.26 Å². The molecule has 1 aliphatic carbocycles. The lowest BCUT2D eigenvalue weighted by Gasteiger charge is -2.23. The van der Waals surface area contributed by atoms with E-state index in [1.807, 2.05) is 43.3 Å². The summed E-state index contributed by atoms with van der Waals surface area (Å²) in [6.45, 7) is 4.92. The third kappa shape index (κ3) is 4.81. The smallest absolute Gasteiger partial charge is 0.223 e. The van der Waals surface area contributed by atoms with E-state index in [-0.39, 0.29) is 23.5 Å². The highest BCUT2D eigenvalue weighted by Gasteiger charge is 2.30.